The first kappa shape index (κ1) is 20.8. The molecule has 1 heterocycles. The number of hydrogen-bond acceptors (Lipinski definition) is 5. The molecule has 1 aliphatic heterocycles. The van der Waals surface area contributed by atoms with Crippen molar-refractivity contribution in [2.45, 2.75) is 19.4 Å². The number of hydrogen-bond donors (Lipinski definition) is 1. The summed E-state index contributed by atoms with van der Waals surface area (Å²) in [5.74, 6) is -0.132. The number of nitrogens with zero attached hydrogens (tertiary/aromatic N) is 2. The van der Waals surface area contributed by atoms with Crippen LogP contribution in [0, 0.1) is 0 Å². The summed E-state index contributed by atoms with van der Waals surface area (Å²) in [5, 5.41) is 2.87. The molecule has 0 bridgehead atoms. The Hall–Kier alpha value is -1.48. The maximum atomic E-state index is 12.2. The molecule has 1 N–H and O–H groups in total. The van der Waals surface area contributed by atoms with E-state index in [0.717, 1.165) is 38.4 Å². The van der Waals surface area contributed by atoms with E-state index in [1.165, 1.54) is 10.6 Å². The van der Waals surface area contributed by atoms with Gasteiger partial charge in [0.25, 0.3) is 0 Å². The monoisotopic (exact) mass is 383 g/mol. The van der Waals surface area contributed by atoms with Crippen LogP contribution in [-0.4, -0.2) is 75.7 Å². The van der Waals surface area contributed by atoms with Crippen molar-refractivity contribution in [2.24, 2.45) is 0 Å². The van der Waals surface area contributed by atoms with Crippen LogP contribution in [0.15, 0.2) is 30.3 Å². The third-order valence-corrected chi connectivity index (χ3v) is 5.90. The van der Waals surface area contributed by atoms with Crippen molar-refractivity contribution >= 4 is 15.9 Å². The highest BCUT2D eigenvalue weighted by molar-refractivity contribution is 7.88. The van der Waals surface area contributed by atoms with Gasteiger partial charge in [0.2, 0.25) is 15.9 Å². The molecule has 0 spiro atoms. The molecule has 0 aromatic heterocycles. The Morgan fingerprint density at radius 1 is 1.27 bits per heavy atom. The standard InChI is InChI=1S/C18H29N3O4S/c1-16(17-6-4-3-5-7-17)21(26(2,23)24)10-8-18(22)19-9-11-20-12-14-25-15-13-20/h3-7,16H,8-15H2,1-2H3,(H,19,22). The Morgan fingerprint density at radius 2 is 1.92 bits per heavy atom. The Bertz CT molecular complexity index is 660. The summed E-state index contributed by atoms with van der Waals surface area (Å²) < 4.78 is 31.0. The molecule has 1 aromatic carbocycles. The highest BCUT2D eigenvalue weighted by Crippen LogP contribution is 2.22. The van der Waals surface area contributed by atoms with Gasteiger partial charge < -0.3 is 10.1 Å². The van der Waals surface area contributed by atoms with Gasteiger partial charge >= 0.3 is 0 Å². The molecule has 1 amide bonds. The second-order valence-electron chi connectivity index (χ2n) is 6.51. The second-order valence-corrected chi connectivity index (χ2v) is 8.45. The van der Waals surface area contributed by atoms with Crippen LogP contribution in [0.25, 0.3) is 0 Å². The van der Waals surface area contributed by atoms with E-state index in [-0.39, 0.29) is 24.9 Å². The van der Waals surface area contributed by atoms with Crippen LogP contribution in [-0.2, 0) is 19.6 Å². The molecular weight excluding hydrogens is 354 g/mol. The average Bonchev–Trinajstić information content (AvgIpc) is 2.62. The summed E-state index contributed by atoms with van der Waals surface area (Å²) in [5.41, 5.74) is 0.908. The van der Waals surface area contributed by atoms with Crippen molar-refractivity contribution in [2.75, 3.05) is 52.2 Å². The number of ether oxygens (including phenoxy) is 1. The minimum absolute atomic E-state index is 0.132. The van der Waals surface area contributed by atoms with Crippen LogP contribution in [0.4, 0.5) is 0 Å². The van der Waals surface area contributed by atoms with Crippen LogP contribution in [0.3, 0.4) is 0 Å². The summed E-state index contributed by atoms with van der Waals surface area (Å²) >= 11 is 0. The Balaban J connectivity index is 1.82. The molecule has 1 atom stereocenters. The quantitative estimate of drug-likeness (QED) is 0.684. The zero-order valence-corrected chi connectivity index (χ0v) is 16.4. The van der Waals surface area contributed by atoms with Gasteiger partial charge in [-0.2, -0.15) is 4.31 Å². The van der Waals surface area contributed by atoms with Gasteiger partial charge in [0.1, 0.15) is 0 Å². The van der Waals surface area contributed by atoms with Crippen molar-refractivity contribution < 1.29 is 17.9 Å². The number of morpholine rings is 1. The summed E-state index contributed by atoms with van der Waals surface area (Å²) in [4.78, 5) is 14.3. The molecule has 1 aliphatic rings. The predicted octanol–water partition coefficient (Wildman–Crippen LogP) is 0.848. The highest BCUT2D eigenvalue weighted by atomic mass is 32.2. The van der Waals surface area contributed by atoms with E-state index in [0.29, 0.717) is 6.54 Å². The Kier molecular flexibility index (Phi) is 8.02. The van der Waals surface area contributed by atoms with Crippen LogP contribution in [0.5, 0.6) is 0 Å². The van der Waals surface area contributed by atoms with E-state index in [1.54, 1.807) is 0 Å². The lowest BCUT2D eigenvalue weighted by Gasteiger charge is -2.27. The van der Waals surface area contributed by atoms with E-state index in [9.17, 15) is 13.2 Å². The molecule has 1 unspecified atom stereocenters. The van der Waals surface area contributed by atoms with Crippen molar-refractivity contribution in [3.05, 3.63) is 35.9 Å². The molecule has 1 saturated heterocycles. The fourth-order valence-electron chi connectivity index (χ4n) is 3.02. The van der Waals surface area contributed by atoms with Gasteiger partial charge in [-0.15, -0.1) is 0 Å². The molecule has 1 aromatic rings. The summed E-state index contributed by atoms with van der Waals surface area (Å²) in [7, 11) is -3.41. The van der Waals surface area contributed by atoms with Crippen molar-refractivity contribution in [3.63, 3.8) is 0 Å². The van der Waals surface area contributed by atoms with Crippen LogP contribution in [0.2, 0.25) is 0 Å². The van der Waals surface area contributed by atoms with E-state index in [4.69, 9.17) is 4.74 Å². The first-order chi connectivity index (χ1) is 12.4. The first-order valence-corrected chi connectivity index (χ1v) is 10.8. The van der Waals surface area contributed by atoms with Crippen molar-refractivity contribution in [3.8, 4) is 0 Å². The molecule has 8 heteroatoms. The third-order valence-electron chi connectivity index (χ3n) is 4.55. The third kappa shape index (κ3) is 6.68. The predicted molar refractivity (Wildman–Crippen MR) is 101 cm³/mol. The number of sulfonamides is 1. The number of nitrogens with one attached hydrogen (secondary N) is 1. The minimum Gasteiger partial charge on any atom is -0.379 e. The Morgan fingerprint density at radius 3 is 2.54 bits per heavy atom. The zero-order chi connectivity index (χ0) is 19.0. The lowest BCUT2D eigenvalue weighted by molar-refractivity contribution is -0.121. The van der Waals surface area contributed by atoms with Gasteiger partial charge in [-0.25, -0.2) is 8.42 Å². The van der Waals surface area contributed by atoms with E-state index >= 15 is 0 Å². The van der Waals surface area contributed by atoms with Crippen LogP contribution < -0.4 is 5.32 Å². The van der Waals surface area contributed by atoms with Crippen LogP contribution in [0.1, 0.15) is 24.9 Å². The van der Waals surface area contributed by atoms with Gasteiger partial charge in [0.15, 0.2) is 0 Å². The topological polar surface area (TPSA) is 79.0 Å². The molecule has 0 saturated carbocycles. The number of amides is 1. The second kappa shape index (κ2) is 10.0. The van der Waals surface area contributed by atoms with Gasteiger partial charge in [0.05, 0.1) is 19.5 Å². The number of carbonyl (C=O) groups is 1. The number of benzene rings is 1. The molecule has 1 fully saturated rings. The maximum absolute atomic E-state index is 12.2. The zero-order valence-electron chi connectivity index (χ0n) is 15.6. The summed E-state index contributed by atoms with van der Waals surface area (Å²) in [6, 6.07) is 9.13. The van der Waals surface area contributed by atoms with Crippen LogP contribution >= 0.6 is 0 Å². The smallest absolute Gasteiger partial charge is 0.221 e. The van der Waals surface area contributed by atoms with E-state index in [1.807, 2.05) is 37.3 Å². The van der Waals surface area contributed by atoms with Gasteiger partial charge in [-0.3, -0.25) is 9.69 Å². The van der Waals surface area contributed by atoms with E-state index < -0.39 is 10.0 Å². The summed E-state index contributed by atoms with van der Waals surface area (Å²) in [6.45, 7) is 6.57. The first-order valence-electron chi connectivity index (χ1n) is 8.96. The lowest BCUT2D eigenvalue weighted by atomic mass is 10.1. The molecule has 146 valence electrons. The molecule has 7 nitrogen and oxygen atoms in total. The van der Waals surface area contributed by atoms with Crippen molar-refractivity contribution in [1.82, 2.24) is 14.5 Å². The summed E-state index contributed by atoms with van der Waals surface area (Å²) in [6.07, 6.45) is 1.33. The Labute approximate surface area is 156 Å². The number of rotatable bonds is 9. The highest BCUT2D eigenvalue weighted by Gasteiger charge is 2.25. The van der Waals surface area contributed by atoms with Gasteiger partial charge in [-0.05, 0) is 12.5 Å². The minimum atomic E-state index is -3.41. The maximum Gasteiger partial charge on any atom is 0.221 e. The molecule has 0 aliphatic carbocycles. The lowest BCUT2D eigenvalue weighted by Crippen LogP contribution is -2.42. The largest absolute Gasteiger partial charge is 0.379 e. The molecule has 2 rings (SSSR count). The van der Waals surface area contributed by atoms with E-state index in [2.05, 4.69) is 10.2 Å². The molecular formula is C18H29N3O4S. The SMILES string of the molecule is CC(c1ccccc1)N(CCC(=O)NCCN1CCOCC1)S(C)(=O)=O. The van der Waals surface area contributed by atoms with Gasteiger partial charge in [0, 0.05) is 45.2 Å². The fourth-order valence-corrected chi connectivity index (χ4v) is 4.14. The number of carbonyl (C=O) groups excluding carboxylic acids is 1. The normalized spacial score (nSPS) is 17.2. The van der Waals surface area contributed by atoms with Crippen molar-refractivity contribution in [1.29, 1.82) is 0 Å². The molecule has 26 heavy (non-hydrogen) atoms. The average molecular weight is 384 g/mol. The van der Waals surface area contributed by atoms with Gasteiger partial charge in [-0.1, -0.05) is 30.3 Å². The fraction of sp³-hybridized carbons (Fsp3) is 0.611. The molecule has 0 radical (unpaired) electrons.